The van der Waals surface area contributed by atoms with Crippen molar-refractivity contribution in [2.75, 3.05) is 32.8 Å². The number of nitrogens with zero attached hydrogens (tertiary/aromatic N) is 1. The van der Waals surface area contributed by atoms with Gasteiger partial charge in [0.1, 0.15) is 0 Å². The van der Waals surface area contributed by atoms with Gasteiger partial charge in [0.2, 0.25) is 0 Å². The second-order valence-electron chi connectivity index (χ2n) is 3.19. The summed E-state index contributed by atoms with van der Waals surface area (Å²) in [6, 6.07) is 0. The average molecular weight is 169 g/mol. The van der Waals surface area contributed by atoms with Gasteiger partial charge in [-0.25, -0.2) is 0 Å². The Morgan fingerprint density at radius 2 is 2.08 bits per heavy atom. The summed E-state index contributed by atoms with van der Waals surface area (Å²) in [5.74, 6) is 0. The summed E-state index contributed by atoms with van der Waals surface area (Å²) >= 11 is 0. The van der Waals surface area contributed by atoms with Gasteiger partial charge in [0.25, 0.3) is 0 Å². The molecule has 70 valence electrons. The molecule has 2 nitrogen and oxygen atoms in total. The summed E-state index contributed by atoms with van der Waals surface area (Å²) in [6.45, 7) is 9.47. The monoisotopic (exact) mass is 169 g/mol. The Bertz CT molecular complexity index is 148. The highest BCUT2D eigenvalue weighted by Gasteiger charge is 2.10. The zero-order chi connectivity index (χ0) is 8.81. The zero-order valence-corrected chi connectivity index (χ0v) is 8.18. The van der Waals surface area contributed by atoms with Crippen LogP contribution in [0.5, 0.6) is 0 Å². The van der Waals surface area contributed by atoms with Gasteiger partial charge in [0.15, 0.2) is 0 Å². The predicted octanol–water partition coefficient (Wildman–Crippen LogP) is 1.67. The minimum absolute atomic E-state index is 0.903. The molecule has 1 saturated heterocycles. The van der Waals surface area contributed by atoms with E-state index in [4.69, 9.17) is 4.74 Å². The van der Waals surface area contributed by atoms with Crippen molar-refractivity contribution in [2.45, 2.75) is 20.3 Å². The van der Waals surface area contributed by atoms with Crippen LogP contribution in [0.1, 0.15) is 20.3 Å². The molecule has 0 unspecified atom stereocenters. The third-order valence-electron chi connectivity index (χ3n) is 2.39. The van der Waals surface area contributed by atoms with Crippen LogP contribution in [0.15, 0.2) is 11.6 Å². The van der Waals surface area contributed by atoms with E-state index in [0.29, 0.717) is 0 Å². The van der Waals surface area contributed by atoms with E-state index in [1.54, 1.807) is 0 Å². The van der Waals surface area contributed by atoms with Crippen LogP contribution in [0.3, 0.4) is 0 Å². The fraction of sp³-hybridized carbons (Fsp3) is 0.800. The minimum Gasteiger partial charge on any atom is -0.379 e. The van der Waals surface area contributed by atoms with Crippen LogP contribution in [-0.4, -0.2) is 37.7 Å². The van der Waals surface area contributed by atoms with Crippen molar-refractivity contribution in [1.82, 2.24) is 4.90 Å². The maximum Gasteiger partial charge on any atom is 0.0594 e. The van der Waals surface area contributed by atoms with Crippen molar-refractivity contribution < 1.29 is 4.74 Å². The molecule has 0 spiro atoms. The molecule has 1 aliphatic heterocycles. The third kappa shape index (κ3) is 2.95. The number of hydrogen-bond donors (Lipinski definition) is 0. The summed E-state index contributed by atoms with van der Waals surface area (Å²) in [7, 11) is 0. The summed E-state index contributed by atoms with van der Waals surface area (Å²) < 4.78 is 5.29. The molecule has 0 amide bonds. The average Bonchev–Trinajstić information content (AvgIpc) is 2.16. The van der Waals surface area contributed by atoms with Crippen molar-refractivity contribution in [2.24, 2.45) is 0 Å². The van der Waals surface area contributed by atoms with Crippen molar-refractivity contribution in [3.05, 3.63) is 11.6 Å². The standard InChI is InChI=1S/C10H19NO/c1-3-10(4-2)9-11-5-7-12-8-6-11/h3H,4-9H2,1-2H3/b10-3+. The Morgan fingerprint density at radius 3 is 2.58 bits per heavy atom. The molecule has 12 heavy (non-hydrogen) atoms. The van der Waals surface area contributed by atoms with Gasteiger partial charge in [-0.3, -0.25) is 4.90 Å². The molecule has 0 aromatic heterocycles. The van der Waals surface area contributed by atoms with E-state index in [2.05, 4.69) is 24.8 Å². The van der Waals surface area contributed by atoms with Gasteiger partial charge in [-0.2, -0.15) is 0 Å². The van der Waals surface area contributed by atoms with Gasteiger partial charge >= 0.3 is 0 Å². The number of ether oxygens (including phenoxy) is 1. The molecule has 0 aromatic rings. The summed E-state index contributed by atoms with van der Waals surface area (Å²) in [5, 5.41) is 0. The first kappa shape index (κ1) is 9.75. The normalized spacial score (nSPS) is 21.3. The number of rotatable bonds is 3. The van der Waals surface area contributed by atoms with Crippen molar-refractivity contribution in [3.8, 4) is 0 Å². The Morgan fingerprint density at radius 1 is 1.42 bits per heavy atom. The van der Waals surface area contributed by atoms with Gasteiger partial charge in [0.05, 0.1) is 13.2 Å². The molecular weight excluding hydrogens is 150 g/mol. The number of allylic oxidation sites excluding steroid dienone is 1. The molecular formula is C10H19NO. The van der Waals surface area contributed by atoms with Crippen molar-refractivity contribution in [1.29, 1.82) is 0 Å². The Hall–Kier alpha value is -0.340. The molecule has 0 atom stereocenters. The fourth-order valence-electron chi connectivity index (χ4n) is 1.45. The molecule has 1 heterocycles. The molecule has 0 bridgehead atoms. The maximum atomic E-state index is 5.29. The summed E-state index contributed by atoms with van der Waals surface area (Å²) in [6.07, 6.45) is 3.41. The first-order valence-corrected chi connectivity index (χ1v) is 4.81. The Labute approximate surface area is 75.2 Å². The van der Waals surface area contributed by atoms with Crippen LogP contribution < -0.4 is 0 Å². The quantitative estimate of drug-likeness (QED) is 0.596. The topological polar surface area (TPSA) is 12.5 Å². The second-order valence-corrected chi connectivity index (χ2v) is 3.19. The van der Waals surface area contributed by atoms with Gasteiger partial charge in [-0.1, -0.05) is 18.6 Å². The number of hydrogen-bond acceptors (Lipinski definition) is 2. The van der Waals surface area contributed by atoms with Gasteiger partial charge in [0, 0.05) is 19.6 Å². The first-order chi connectivity index (χ1) is 5.86. The van der Waals surface area contributed by atoms with Crippen molar-refractivity contribution in [3.63, 3.8) is 0 Å². The van der Waals surface area contributed by atoms with Gasteiger partial charge in [-0.05, 0) is 13.3 Å². The van der Waals surface area contributed by atoms with E-state index in [-0.39, 0.29) is 0 Å². The maximum absolute atomic E-state index is 5.29. The van der Waals surface area contributed by atoms with Crippen LogP contribution in [0.4, 0.5) is 0 Å². The van der Waals surface area contributed by atoms with E-state index in [0.717, 1.165) is 32.8 Å². The molecule has 2 heteroatoms. The zero-order valence-electron chi connectivity index (χ0n) is 8.18. The van der Waals surface area contributed by atoms with E-state index in [1.165, 1.54) is 12.0 Å². The smallest absolute Gasteiger partial charge is 0.0594 e. The molecule has 1 fully saturated rings. The second kappa shape index (κ2) is 5.33. The summed E-state index contributed by atoms with van der Waals surface area (Å²) in [5.41, 5.74) is 1.54. The Kier molecular flexibility index (Phi) is 4.33. The first-order valence-electron chi connectivity index (χ1n) is 4.81. The fourth-order valence-corrected chi connectivity index (χ4v) is 1.45. The SMILES string of the molecule is C/C=C(\CC)CN1CCOCC1. The van der Waals surface area contributed by atoms with Crippen LogP contribution in [0.25, 0.3) is 0 Å². The lowest BCUT2D eigenvalue weighted by atomic mass is 10.2. The molecule has 1 aliphatic rings. The highest BCUT2D eigenvalue weighted by atomic mass is 16.5. The third-order valence-corrected chi connectivity index (χ3v) is 2.39. The van der Waals surface area contributed by atoms with Crippen LogP contribution in [0, 0.1) is 0 Å². The summed E-state index contributed by atoms with van der Waals surface area (Å²) in [4.78, 5) is 2.46. The molecule has 0 aromatic carbocycles. The predicted molar refractivity (Wildman–Crippen MR) is 51.3 cm³/mol. The van der Waals surface area contributed by atoms with E-state index in [1.807, 2.05) is 0 Å². The van der Waals surface area contributed by atoms with Gasteiger partial charge in [-0.15, -0.1) is 0 Å². The molecule has 0 aliphatic carbocycles. The lowest BCUT2D eigenvalue weighted by Crippen LogP contribution is -2.37. The molecule has 0 N–H and O–H groups in total. The van der Waals surface area contributed by atoms with E-state index in [9.17, 15) is 0 Å². The molecule has 1 rings (SSSR count). The van der Waals surface area contributed by atoms with E-state index >= 15 is 0 Å². The number of morpholine rings is 1. The minimum atomic E-state index is 0.903. The van der Waals surface area contributed by atoms with Crippen LogP contribution in [-0.2, 0) is 4.74 Å². The Balaban J connectivity index is 2.28. The molecule has 0 radical (unpaired) electrons. The lowest BCUT2D eigenvalue weighted by molar-refractivity contribution is 0.0420. The van der Waals surface area contributed by atoms with Crippen LogP contribution in [0.2, 0.25) is 0 Å². The van der Waals surface area contributed by atoms with E-state index < -0.39 is 0 Å². The largest absolute Gasteiger partial charge is 0.379 e. The van der Waals surface area contributed by atoms with Gasteiger partial charge < -0.3 is 4.74 Å². The molecule has 0 saturated carbocycles. The lowest BCUT2D eigenvalue weighted by Gasteiger charge is -2.27. The van der Waals surface area contributed by atoms with Crippen LogP contribution >= 0.6 is 0 Å². The highest BCUT2D eigenvalue weighted by molar-refractivity contribution is 5.02. The highest BCUT2D eigenvalue weighted by Crippen LogP contribution is 2.05. The van der Waals surface area contributed by atoms with Crippen molar-refractivity contribution >= 4 is 0 Å².